The summed E-state index contributed by atoms with van der Waals surface area (Å²) in [4.78, 5) is 23.1. The minimum absolute atomic E-state index is 0.0966. The van der Waals surface area contributed by atoms with Gasteiger partial charge in [0.1, 0.15) is 12.4 Å². The quantitative estimate of drug-likeness (QED) is 0.437. The molecule has 0 unspecified atom stereocenters. The molecule has 0 aliphatic carbocycles. The average Bonchev–Trinajstić information content (AvgIpc) is 2.39. The highest BCUT2D eigenvalue weighted by molar-refractivity contribution is 6.74. The molecule has 1 rings (SSSR count). The van der Waals surface area contributed by atoms with Crippen molar-refractivity contribution < 1.29 is 18.8 Å². The number of rotatable bonds is 5. The second-order valence-corrected chi connectivity index (χ2v) is 13.1. The first kappa shape index (κ1) is 19.4. The number of ether oxygens (including phenoxy) is 1. The van der Waals surface area contributed by atoms with Gasteiger partial charge in [0.15, 0.2) is 8.32 Å². The van der Waals surface area contributed by atoms with E-state index >= 15 is 0 Å². The Morgan fingerprint density at radius 2 is 1.86 bits per heavy atom. The van der Waals surface area contributed by atoms with Crippen LogP contribution in [0.3, 0.4) is 0 Å². The van der Waals surface area contributed by atoms with Crippen LogP contribution in [0, 0.1) is 17.8 Å². The number of carbonyl (C=O) groups excluding carboxylic acids is 2. The molecule has 0 aromatic heterocycles. The van der Waals surface area contributed by atoms with Gasteiger partial charge < -0.3 is 14.0 Å². The van der Waals surface area contributed by atoms with E-state index in [1.807, 2.05) is 13.8 Å². The lowest BCUT2D eigenvalue weighted by Crippen LogP contribution is -2.54. The van der Waals surface area contributed by atoms with Gasteiger partial charge in [-0.1, -0.05) is 34.6 Å². The number of carbonyl (C=O) groups is 2. The summed E-state index contributed by atoms with van der Waals surface area (Å²) in [6.45, 7) is 16.8. The molecule has 1 fully saturated rings. The van der Waals surface area contributed by atoms with Crippen molar-refractivity contribution in [2.45, 2.75) is 78.3 Å². The van der Waals surface area contributed by atoms with Gasteiger partial charge in [-0.15, -0.1) is 0 Å². The smallest absolute Gasteiger partial charge is 0.311 e. The number of esters is 1. The lowest BCUT2D eigenvalue weighted by Gasteiger charge is -2.46. The minimum Gasteiger partial charge on any atom is -0.462 e. The molecule has 0 bridgehead atoms. The van der Waals surface area contributed by atoms with E-state index in [-0.39, 0.29) is 41.0 Å². The fourth-order valence-corrected chi connectivity index (χ4v) is 4.03. The molecule has 22 heavy (non-hydrogen) atoms. The maximum absolute atomic E-state index is 12.2. The monoisotopic (exact) mass is 328 g/mol. The van der Waals surface area contributed by atoms with Crippen LogP contribution in [0.5, 0.6) is 0 Å². The van der Waals surface area contributed by atoms with E-state index in [9.17, 15) is 9.59 Å². The Hall–Kier alpha value is -0.683. The molecular formula is C17H32O4Si. The zero-order valence-electron chi connectivity index (χ0n) is 15.3. The van der Waals surface area contributed by atoms with E-state index in [2.05, 4.69) is 40.8 Å². The standard InChI is InChI=1S/C17H32O4Si/c1-11(10-18)9-14-12(2)15(13(3)16(19)20-14)21-22(7,8)17(4,5)6/h10-15H,9H2,1-8H3/t11-,12-,13+,14-,15-/m0/s1. The fraction of sp³-hybridized carbons (Fsp3) is 0.882. The van der Waals surface area contributed by atoms with Crippen LogP contribution >= 0.6 is 0 Å². The Labute approximate surface area is 136 Å². The topological polar surface area (TPSA) is 52.6 Å². The van der Waals surface area contributed by atoms with Crippen LogP contribution in [0.4, 0.5) is 0 Å². The Bertz CT molecular complexity index is 413. The number of cyclic esters (lactones) is 1. The molecule has 0 radical (unpaired) electrons. The molecule has 1 heterocycles. The van der Waals surface area contributed by atoms with Gasteiger partial charge in [0.05, 0.1) is 12.0 Å². The predicted octanol–water partition coefficient (Wildman–Crippen LogP) is 3.80. The summed E-state index contributed by atoms with van der Waals surface area (Å²) < 4.78 is 12.1. The third-order valence-electron chi connectivity index (χ3n) is 5.31. The van der Waals surface area contributed by atoms with E-state index in [4.69, 9.17) is 9.16 Å². The van der Waals surface area contributed by atoms with Crippen LogP contribution in [0.15, 0.2) is 0 Å². The SMILES string of the molecule is C[C@@H]1[C@H](O[Si](C)(C)C(C)(C)C)[C@@H](C)C(=O)O[C@H]1C[C@H](C)C=O. The molecule has 1 saturated heterocycles. The van der Waals surface area contributed by atoms with Gasteiger partial charge in [-0.25, -0.2) is 0 Å². The van der Waals surface area contributed by atoms with Gasteiger partial charge >= 0.3 is 5.97 Å². The predicted molar refractivity (Wildman–Crippen MR) is 90.1 cm³/mol. The van der Waals surface area contributed by atoms with Gasteiger partial charge in [0.2, 0.25) is 0 Å². The Morgan fingerprint density at radius 3 is 2.32 bits per heavy atom. The number of aldehydes is 1. The first-order valence-corrected chi connectivity index (χ1v) is 11.1. The molecule has 0 spiro atoms. The maximum atomic E-state index is 12.2. The molecule has 0 N–H and O–H groups in total. The second-order valence-electron chi connectivity index (χ2n) is 8.31. The summed E-state index contributed by atoms with van der Waals surface area (Å²) in [6, 6.07) is 0. The van der Waals surface area contributed by atoms with Gasteiger partial charge in [-0.05, 0) is 31.5 Å². The zero-order valence-corrected chi connectivity index (χ0v) is 16.3. The second kappa shape index (κ2) is 6.83. The molecular weight excluding hydrogens is 296 g/mol. The summed E-state index contributed by atoms with van der Waals surface area (Å²) in [5, 5.41) is 0.0966. The highest BCUT2D eigenvalue weighted by Crippen LogP contribution is 2.41. The van der Waals surface area contributed by atoms with Crippen LogP contribution in [0.2, 0.25) is 18.1 Å². The van der Waals surface area contributed by atoms with E-state index in [1.165, 1.54) is 0 Å². The van der Waals surface area contributed by atoms with Gasteiger partial charge in [-0.3, -0.25) is 4.79 Å². The Balaban J connectivity index is 2.95. The molecule has 0 saturated carbocycles. The van der Waals surface area contributed by atoms with Crippen LogP contribution < -0.4 is 0 Å². The lowest BCUT2D eigenvalue weighted by molar-refractivity contribution is -0.177. The van der Waals surface area contributed by atoms with Crippen LogP contribution in [0.25, 0.3) is 0 Å². The molecule has 0 aromatic carbocycles. The summed E-state index contributed by atoms with van der Waals surface area (Å²) in [5.41, 5.74) is 0. The largest absolute Gasteiger partial charge is 0.462 e. The van der Waals surface area contributed by atoms with E-state index in [0.717, 1.165) is 6.29 Å². The molecule has 0 amide bonds. The van der Waals surface area contributed by atoms with Crippen molar-refractivity contribution in [2.75, 3.05) is 0 Å². The van der Waals surface area contributed by atoms with Crippen LogP contribution in [-0.4, -0.2) is 32.8 Å². The van der Waals surface area contributed by atoms with E-state index < -0.39 is 8.32 Å². The van der Waals surface area contributed by atoms with Crippen LogP contribution in [0.1, 0.15) is 48.0 Å². The maximum Gasteiger partial charge on any atom is 0.311 e. The van der Waals surface area contributed by atoms with Crippen molar-refractivity contribution in [3.8, 4) is 0 Å². The third-order valence-corrected chi connectivity index (χ3v) is 9.78. The van der Waals surface area contributed by atoms with Crippen molar-refractivity contribution in [3.05, 3.63) is 0 Å². The molecule has 5 atom stereocenters. The summed E-state index contributed by atoms with van der Waals surface area (Å²) in [7, 11) is -1.96. The number of hydrogen-bond acceptors (Lipinski definition) is 4. The van der Waals surface area contributed by atoms with Gasteiger partial charge in [0, 0.05) is 11.8 Å². The summed E-state index contributed by atoms with van der Waals surface area (Å²) >= 11 is 0. The Morgan fingerprint density at radius 1 is 1.32 bits per heavy atom. The number of hydrogen-bond donors (Lipinski definition) is 0. The average molecular weight is 329 g/mol. The van der Waals surface area contributed by atoms with Crippen LogP contribution in [-0.2, 0) is 18.8 Å². The first-order chi connectivity index (χ1) is 9.90. The highest BCUT2D eigenvalue weighted by Gasteiger charge is 2.47. The molecule has 0 aromatic rings. The van der Waals surface area contributed by atoms with E-state index in [0.29, 0.717) is 6.42 Å². The highest BCUT2D eigenvalue weighted by atomic mass is 28.4. The Kier molecular flexibility index (Phi) is 6.01. The van der Waals surface area contributed by atoms with E-state index in [1.54, 1.807) is 0 Å². The summed E-state index contributed by atoms with van der Waals surface area (Å²) in [5.74, 6) is -0.469. The van der Waals surface area contributed by atoms with Crippen molar-refractivity contribution in [1.29, 1.82) is 0 Å². The molecule has 4 nitrogen and oxygen atoms in total. The molecule has 1 aliphatic heterocycles. The van der Waals surface area contributed by atoms with Gasteiger partial charge in [0.25, 0.3) is 0 Å². The lowest BCUT2D eigenvalue weighted by atomic mass is 9.83. The van der Waals surface area contributed by atoms with Crippen molar-refractivity contribution in [3.63, 3.8) is 0 Å². The molecule has 128 valence electrons. The third kappa shape index (κ3) is 4.19. The normalized spacial score (nSPS) is 31.5. The van der Waals surface area contributed by atoms with Crippen molar-refractivity contribution in [2.24, 2.45) is 17.8 Å². The zero-order chi connectivity index (χ0) is 17.3. The first-order valence-electron chi connectivity index (χ1n) is 8.24. The molecule has 1 aliphatic rings. The van der Waals surface area contributed by atoms with Crippen molar-refractivity contribution >= 4 is 20.6 Å². The van der Waals surface area contributed by atoms with Crippen molar-refractivity contribution in [1.82, 2.24) is 0 Å². The summed E-state index contributed by atoms with van der Waals surface area (Å²) in [6.07, 6.45) is 1.12. The van der Waals surface area contributed by atoms with Gasteiger partial charge in [-0.2, -0.15) is 0 Å². The minimum atomic E-state index is -1.96. The molecule has 5 heteroatoms. The fourth-order valence-electron chi connectivity index (χ4n) is 2.58.